The number of H-pyrrole nitrogens is 1. The summed E-state index contributed by atoms with van der Waals surface area (Å²) in [5, 5.41) is 2.37. The van der Waals surface area contributed by atoms with E-state index in [0.717, 1.165) is 11.1 Å². The minimum Gasteiger partial charge on any atom is -0.497 e. The summed E-state index contributed by atoms with van der Waals surface area (Å²) in [6.07, 6.45) is -5.48. The van der Waals surface area contributed by atoms with E-state index in [1.165, 1.54) is 14.2 Å². The van der Waals surface area contributed by atoms with Crippen LogP contribution in [0.3, 0.4) is 0 Å². The molecule has 0 aliphatic heterocycles. The quantitative estimate of drug-likeness (QED) is 0.381. The van der Waals surface area contributed by atoms with Gasteiger partial charge in [-0.15, -0.1) is 0 Å². The van der Waals surface area contributed by atoms with Crippen LogP contribution in [0.25, 0.3) is 22.3 Å². The fraction of sp³-hybridized carbons (Fsp3) is 0.364. The van der Waals surface area contributed by atoms with Gasteiger partial charge in [-0.1, -0.05) is 0 Å². The lowest BCUT2D eigenvalue weighted by Crippen LogP contribution is -2.34. The molecule has 7 nitrogen and oxygen atoms in total. The van der Waals surface area contributed by atoms with E-state index in [1.54, 1.807) is 24.3 Å². The number of nitrogens with zero attached hydrogens (tertiary/aromatic N) is 1. The van der Waals surface area contributed by atoms with E-state index in [-0.39, 0.29) is 18.7 Å². The van der Waals surface area contributed by atoms with Crippen molar-refractivity contribution in [3.05, 3.63) is 45.7 Å². The molecule has 32 heavy (non-hydrogen) atoms. The number of aromatic nitrogens is 2. The predicted octanol–water partition coefficient (Wildman–Crippen LogP) is 3.75. The van der Waals surface area contributed by atoms with Crippen LogP contribution in [-0.2, 0) is 0 Å². The molecule has 1 atom stereocenters. The number of ether oxygens (including phenoxy) is 3. The third kappa shape index (κ3) is 4.96. The molecule has 2 aromatic carbocycles. The Kier molecular flexibility index (Phi) is 7.24. The van der Waals surface area contributed by atoms with Gasteiger partial charge in [0.2, 0.25) is 6.30 Å². The molecule has 10 heteroatoms. The van der Waals surface area contributed by atoms with E-state index in [9.17, 15) is 18.0 Å². The average molecular weight is 451 g/mol. The van der Waals surface area contributed by atoms with Gasteiger partial charge in [0.15, 0.2) is 0 Å². The molecule has 0 radical (unpaired) electrons. The Labute approximate surface area is 182 Å². The van der Waals surface area contributed by atoms with E-state index in [1.807, 2.05) is 13.8 Å². The Balaban J connectivity index is 1.89. The fourth-order valence-corrected chi connectivity index (χ4v) is 3.38. The summed E-state index contributed by atoms with van der Waals surface area (Å²) in [5.74, 6) is 1.76. The van der Waals surface area contributed by atoms with Crippen LogP contribution in [0, 0.1) is 13.8 Å². The molecule has 0 aliphatic carbocycles. The number of fused-ring (bicyclic) bond motifs is 1. The van der Waals surface area contributed by atoms with Crippen LogP contribution in [-0.4, -0.2) is 50.1 Å². The number of aryl methyl sites for hydroxylation is 2. The van der Waals surface area contributed by atoms with Gasteiger partial charge >= 0.3 is 0 Å². The summed E-state index contributed by atoms with van der Waals surface area (Å²) in [5.41, 5.74) is 2.22. The van der Waals surface area contributed by atoms with E-state index in [0.29, 0.717) is 39.5 Å². The third-order valence-corrected chi connectivity index (χ3v) is 4.84. The van der Waals surface area contributed by atoms with Crippen molar-refractivity contribution < 1.29 is 27.4 Å². The zero-order chi connectivity index (χ0) is 23.4. The van der Waals surface area contributed by atoms with Crippen molar-refractivity contribution in [2.75, 3.05) is 27.4 Å². The van der Waals surface area contributed by atoms with Gasteiger partial charge < -0.3 is 19.2 Å². The first kappa shape index (κ1) is 23.4. The van der Waals surface area contributed by atoms with Gasteiger partial charge in [-0.25, -0.2) is 18.2 Å². The van der Waals surface area contributed by atoms with E-state index < -0.39 is 12.7 Å². The summed E-state index contributed by atoms with van der Waals surface area (Å²) < 4.78 is 53.5. The molecular weight excluding hydrogens is 427 g/mol. The third-order valence-electron chi connectivity index (χ3n) is 4.84. The highest BCUT2D eigenvalue weighted by Crippen LogP contribution is 2.31. The zero-order valence-electron chi connectivity index (χ0n) is 18.1. The molecule has 2 N–H and O–H groups in total. The number of hydrogen-bond donors (Lipinski definition) is 2. The molecule has 3 aromatic rings. The second-order valence-electron chi connectivity index (χ2n) is 7.12. The molecule has 172 valence electrons. The first-order valence-corrected chi connectivity index (χ1v) is 9.81. The smallest absolute Gasteiger partial charge is 0.282 e. The molecule has 0 saturated heterocycles. The lowest BCUT2D eigenvalue weighted by Gasteiger charge is -2.15. The number of halogens is 3. The van der Waals surface area contributed by atoms with Crippen LogP contribution in [0.2, 0.25) is 0 Å². The highest BCUT2D eigenvalue weighted by atomic mass is 19.3. The molecule has 0 fully saturated rings. The maximum Gasteiger partial charge on any atom is 0.282 e. The van der Waals surface area contributed by atoms with Gasteiger partial charge in [-0.2, -0.15) is 0 Å². The number of alkyl halides is 3. The van der Waals surface area contributed by atoms with Crippen LogP contribution < -0.4 is 25.1 Å². The Morgan fingerprint density at radius 1 is 1.06 bits per heavy atom. The van der Waals surface area contributed by atoms with Gasteiger partial charge in [0.1, 0.15) is 35.1 Å². The number of aromatic amines is 1. The summed E-state index contributed by atoms with van der Waals surface area (Å²) in [7, 11) is 2.97. The molecule has 1 aromatic heterocycles. The minimum atomic E-state index is -3.09. The molecule has 0 aliphatic rings. The number of hydrogen-bond acceptors (Lipinski definition) is 6. The van der Waals surface area contributed by atoms with Crippen LogP contribution >= 0.6 is 0 Å². The van der Waals surface area contributed by atoms with Crippen molar-refractivity contribution in [3.8, 4) is 28.6 Å². The maximum absolute atomic E-state index is 12.9. The van der Waals surface area contributed by atoms with Crippen molar-refractivity contribution in [3.63, 3.8) is 0 Å². The predicted molar refractivity (Wildman–Crippen MR) is 115 cm³/mol. The second kappa shape index (κ2) is 9.90. The Morgan fingerprint density at radius 3 is 2.34 bits per heavy atom. The standard InChI is InChI=1S/C22H24F3N3O4/c1-11-7-13(8-12(2)18(11)32-6-5-26-20(25)19(23)24)21-27-15-9-14(30-3)10-16(31-4)17(15)22(29)28-21/h7-10,19-20,26H,5-6H2,1-4H3,(H,27,28,29). The minimum absolute atomic E-state index is 0.0127. The molecule has 0 saturated carbocycles. The Morgan fingerprint density at radius 2 is 1.75 bits per heavy atom. The summed E-state index contributed by atoms with van der Waals surface area (Å²) in [6, 6.07) is 6.84. The van der Waals surface area contributed by atoms with Crippen molar-refractivity contribution in [1.82, 2.24) is 15.3 Å². The number of benzene rings is 2. The normalized spacial score (nSPS) is 12.2. The van der Waals surface area contributed by atoms with Crippen LogP contribution in [0.1, 0.15) is 11.1 Å². The lowest BCUT2D eigenvalue weighted by atomic mass is 10.0. The second-order valence-corrected chi connectivity index (χ2v) is 7.12. The first-order chi connectivity index (χ1) is 15.2. The molecule has 1 unspecified atom stereocenters. The molecule has 1 heterocycles. The van der Waals surface area contributed by atoms with Gasteiger partial charge in [-0.05, 0) is 37.1 Å². The molecule has 0 bridgehead atoms. The lowest BCUT2D eigenvalue weighted by molar-refractivity contribution is 0.0291. The number of methoxy groups -OCH3 is 2. The fourth-order valence-electron chi connectivity index (χ4n) is 3.38. The Hall–Kier alpha value is -3.27. The van der Waals surface area contributed by atoms with E-state index in [4.69, 9.17) is 14.2 Å². The molecular formula is C22H24F3N3O4. The highest BCUT2D eigenvalue weighted by Gasteiger charge is 2.18. The monoisotopic (exact) mass is 451 g/mol. The maximum atomic E-state index is 12.9. The number of rotatable bonds is 9. The first-order valence-electron chi connectivity index (χ1n) is 9.81. The van der Waals surface area contributed by atoms with E-state index in [2.05, 4.69) is 15.3 Å². The summed E-state index contributed by atoms with van der Waals surface area (Å²) >= 11 is 0. The van der Waals surface area contributed by atoms with Crippen molar-refractivity contribution >= 4 is 10.9 Å². The summed E-state index contributed by atoms with van der Waals surface area (Å²) in [4.78, 5) is 20.1. The zero-order valence-corrected chi connectivity index (χ0v) is 18.1. The van der Waals surface area contributed by atoms with Gasteiger partial charge in [-0.3, -0.25) is 10.1 Å². The Bertz CT molecular complexity index is 1140. The van der Waals surface area contributed by atoms with Gasteiger partial charge in [0.25, 0.3) is 12.0 Å². The van der Waals surface area contributed by atoms with Crippen LogP contribution in [0.4, 0.5) is 13.2 Å². The van der Waals surface area contributed by atoms with Crippen molar-refractivity contribution in [1.29, 1.82) is 0 Å². The van der Waals surface area contributed by atoms with Gasteiger partial charge in [0, 0.05) is 24.2 Å². The molecule has 3 rings (SSSR count). The number of nitrogens with one attached hydrogen (secondary N) is 2. The average Bonchev–Trinajstić information content (AvgIpc) is 2.76. The topological polar surface area (TPSA) is 85.5 Å². The van der Waals surface area contributed by atoms with Crippen LogP contribution in [0.15, 0.2) is 29.1 Å². The largest absolute Gasteiger partial charge is 0.497 e. The van der Waals surface area contributed by atoms with Gasteiger partial charge in [0.05, 0.1) is 19.7 Å². The van der Waals surface area contributed by atoms with Crippen molar-refractivity contribution in [2.45, 2.75) is 26.6 Å². The highest BCUT2D eigenvalue weighted by molar-refractivity contribution is 5.87. The molecule has 0 amide bonds. The van der Waals surface area contributed by atoms with Crippen LogP contribution in [0.5, 0.6) is 17.2 Å². The molecule has 0 spiro atoms. The van der Waals surface area contributed by atoms with E-state index >= 15 is 0 Å². The summed E-state index contributed by atoms with van der Waals surface area (Å²) in [6.45, 7) is 3.55. The SMILES string of the molecule is COc1cc(OC)c2c(=O)[nH]c(-c3cc(C)c(OCCNC(F)C(F)F)c(C)c3)nc2c1. The van der Waals surface area contributed by atoms with Crippen molar-refractivity contribution in [2.24, 2.45) is 0 Å².